The van der Waals surface area contributed by atoms with E-state index in [-0.39, 0.29) is 25.4 Å². The number of hydrogen-bond acceptors (Lipinski definition) is 4. The molecule has 0 aromatic carbocycles. The Morgan fingerprint density at radius 2 is 1.72 bits per heavy atom. The lowest BCUT2D eigenvalue weighted by Gasteiger charge is -2.17. The summed E-state index contributed by atoms with van der Waals surface area (Å²) in [6, 6.07) is 0. The van der Waals surface area contributed by atoms with Crippen LogP contribution < -0.4 is 10.6 Å². The molecule has 1 atom stereocenters. The largest absolute Gasteiger partial charge is 0.479 e. The zero-order valence-corrected chi connectivity index (χ0v) is 10.8. The van der Waals surface area contributed by atoms with E-state index < -0.39 is 23.4 Å². The van der Waals surface area contributed by atoms with Gasteiger partial charge in [0.05, 0.1) is 6.54 Å². The minimum atomic E-state index is -1.61. The van der Waals surface area contributed by atoms with Crippen LogP contribution >= 0.6 is 0 Å². The van der Waals surface area contributed by atoms with Gasteiger partial charge in [0.15, 0.2) is 6.10 Å². The summed E-state index contributed by atoms with van der Waals surface area (Å²) in [7, 11) is 0. The highest BCUT2D eigenvalue weighted by molar-refractivity contribution is 5.82. The van der Waals surface area contributed by atoms with Crippen LogP contribution in [0.15, 0.2) is 0 Å². The van der Waals surface area contributed by atoms with Gasteiger partial charge in [0.25, 0.3) is 0 Å². The maximum Gasteiger partial charge on any atom is 0.334 e. The van der Waals surface area contributed by atoms with Crippen molar-refractivity contribution >= 4 is 17.8 Å². The Labute approximate surface area is 106 Å². The van der Waals surface area contributed by atoms with Gasteiger partial charge >= 0.3 is 5.97 Å². The molecule has 7 heteroatoms. The Bertz CT molecular complexity index is 322. The molecule has 0 spiro atoms. The quantitative estimate of drug-likeness (QED) is 0.494. The summed E-state index contributed by atoms with van der Waals surface area (Å²) in [5.74, 6) is -1.98. The van der Waals surface area contributed by atoms with Crippen LogP contribution in [-0.2, 0) is 14.4 Å². The number of amides is 2. The topological polar surface area (TPSA) is 116 Å². The van der Waals surface area contributed by atoms with Crippen molar-refractivity contribution in [1.82, 2.24) is 10.6 Å². The van der Waals surface area contributed by atoms with Crippen LogP contribution in [0.4, 0.5) is 0 Å². The second kappa shape index (κ2) is 6.95. The molecule has 0 rings (SSSR count). The summed E-state index contributed by atoms with van der Waals surface area (Å²) >= 11 is 0. The fraction of sp³-hybridized carbons (Fsp3) is 0.727. The van der Waals surface area contributed by atoms with Crippen LogP contribution in [0, 0.1) is 5.41 Å². The van der Waals surface area contributed by atoms with Crippen molar-refractivity contribution in [3.8, 4) is 0 Å². The first-order chi connectivity index (χ1) is 8.14. The van der Waals surface area contributed by atoms with Gasteiger partial charge in [0, 0.05) is 18.4 Å². The number of carboxylic acid groups (broad SMARTS) is 1. The molecule has 4 N–H and O–H groups in total. The van der Waals surface area contributed by atoms with E-state index in [1.54, 1.807) is 20.8 Å². The molecule has 1 unspecified atom stereocenters. The first-order valence-corrected chi connectivity index (χ1v) is 5.60. The van der Waals surface area contributed by atoms with Crippen LogP contribution in [0.5, 0.6) is 0 Å². The molecule has 2 amide bonds. The van der Waals surface area contributed by atoms with Crippen LogP contribution in [0.2, 0.25) is 0 Å². The summed E-state index contributed by atoms with van der Waals surface area (Å²) in [6.07, 6.45) is -1.58. The average Bonchev–Trinajstić information content (AvgIpc) is 2.24. The number of aliphatic carboxylic acids is 1. The monoisotopic (exact) mass is 260 g/mol. The van der Waals surface area contributed by atoms with E-state index in [9.17, 15) is 14.4 Å². The van der Waals surface area contributed by atoms with Gasteiger partial charge in [-0.05, 0) is 0 Å². The van der Waals surface area contributed by atoms with Crippen molar-refractivity contribution in [2.24, 2.45) is 5.41 Å². The molecule has 0 radical (unpaired) electrons. The van der Waals surface area contributed by atoms with Gasteiger partial charge in [-0.2, -0.15) is 0 Å². The van der Waals surface area contributed by atoms with Crippen LogP contribution in [0.25, 0.3) is 0 Å². The third kappa shape index (κ3) is 6.85. The van der Waals surface area contributed by atoms with Crippen molar-refractivity contribution < 1.29 is 24.6 Å². The van der Waals surface area contributed by atoms with E-state index in [0.29, 0.717) is 0 Å². The van der Waals surface area contributed by atoms with Gasteiger partial charge in [0.1, 0.15) is 0 Å². The Hall–Kier alpha value is -1.63. The molecule has 0 aromatic heterocycles. The smallest absolute Gasteiger partial charge is 0.334 e. The normalized spacial score (nSPS) is 12.7. The first-order valence-electron chi connectivity index (χ1n) is 5.60. The highest BCUT2D eigenvalue weighted by Crippen LogP contribution is 2.11. The number of aliphatic hydroxyl groups is 1. The molecular weight excluding hydrogens is 240 g/mol. The maximum absolute atomic E-state index is 11.4. The number of carbonyl (C=O) groups is 3. The van der Waals surface area contributed by atoms with E-state index in [4.69, 9.17) is 10.2 Å². The first kappa shape index (κ1) is 16.4. The Balaban J connectivity index is 3.79. The van der Waals surface area contributed by atoms with Crippen molar-refractivity contribution in [3.63, 3.8) is 0 Å². The van der Waals surface area contributed by atoms with Crippen molar-refractivity contribution in [2.45, 2.75) is 33.3 Å². The summed E-state index contributed by atoms with van der Waals surface area (Å²) in [4.78, 5) is 32.9. The van der Waals surface area contributed by atoms with Crippen LogP contribution in [0.3, 0.4) is 0 Å². The molecule has 0 fully saturated rings. The predicted molar refractivity (Wildman–Crippen MR) is 63.7 cm³/mol. The average molecular weight is 260 g/mol. The number of carboxylic acids is 1. The minimum absolute atomic E-state index is 0.0359. The number of aliphatic hydroxyl groups excluding tert-OH is 1. The third-order valence-electron chi connectivity index (χ3n) is 2.10. The molecule has 0 aliphatic heterocycles. The zero-order valence-electron chi connectivity index (χ0n) is 10.8. The summed E-state index contributed by atoms with van der Waals surface area (Å²) in [6.45, 7) is 5.09. The van der Waals surface area contributed by atoms with Crippen molar-refractivity contribution in [3.05, 3.63) is 0 Å². The SMILES string of the molecule is CC(C)(C)C(=O)NCCC(=O)NCC(O)C(=O)O. The fourth-order valence-electron chi connectivity index (χ4n) is 0.941. The molecule has 7 nitrogen and oxygen atoms in total. The van der Waals surface area contributed by atoms with Gasteiger partial charge in [-0.25, -0.2) is 4.79 Å². The summed E-state index contributed by atoms with van der Waals surface area (Å²) in [5.41, 5.74) is -0.518. The van der Waals surface area contributed by atoms with E-state index in [2.05, 4.69) is 10.6 Å². The highest BCUT2D eigenvalue weighted by Gasteiger charge is 2.20. The summed E-state index contributed by atoms with van der Waals surface area (Å²) < 4.78 is 0. The lowest BCUT2D eigenvalue weighted by molar-refractivity contribution is -0.146. The maximum atomic E-state index is 11.4. The van der Waals surface area contributed by atoms with Gasteiger partial charge in [-0.3, -0.25) is 9.59 Å². The van der Waals surface area contributed by atoms with E-state index in [0.717, 1.165) is 0 Å². The molecular formula is C11H20N2O5. The van der Waals surface area contributed by atoms with E-state index in [1.165, 1.54) is 0 Å². The molecule has 0 heterocycles. The summed E-state index contributed by atoms with van der Waals surface area (Å²) in [5, 5.41) is 22.1. The van der Waals surface area contributed by atoms with Gasteiger partial charge in [-0.1, -0.05) is 20.8 Å². The highest BCUT2D eigenvalue weighted by atomic mass is 16.4. The molecule has 104 valence electrons. The number of hydrogen-bond donors (Lipinski definition) is 4. The minimum Gasteiger partial charge on any atom is -0.479 e. The number of carbonyl (C=O) groups excluding carboxylic acids is 2. The van der Waals surface area contributed by atoms with E-state index in [1.807, 2.05) is 0 Å². The van der Waals surface area contributed by atoms with E-state index >= 15 is 0 Å². The lowest BCUT2D eigenvalue weighted by atomic mass is 9.96. The Morgan fingerprint density at radius 3 is 2.17 bits per heavy atom. The molecule has 0 aliphatic carbocycles. The van der Waals surface area contributed by atoms with Crippen LogP contribution in [-0.4, -0.2) is 47.2 Å². The molecule has 0 bridgehead atoms. The molecule has 0 aliphatic rings. The number of nitrogens with one attached hydrogen (secondary N) is 2. The second-order valence-electron chi connectivity index (χ2n) is 4.91. The molecule has 0 saturated carbocycles. The van der Waals surface area contributed by atoms with Gasteiger partial charge in [-0.15, -0.1) is 0 Å². The lowest BCUT2D eigenvalue weighted by Crippen LogP contribution is -2.39. The Morgan fingerprint density at radius 1 is 1.17 bits per heavy atom. The van der Waals surface area contributed by atoms with Crippen molar-refractivity contribution in [1.29, 1.82) is 0 Å². The molecule has 18 heavy (non-hydrogen) atoms. The standard InChI is InChI=1S/C11H20N2O5/c1-11(2,3)10(18)12-5-4-8(15)13-6-7(14)9(16)17/h7,14H,4-6H2,1-3H3,(H,12,18)(H,13,15)(H,16,17). The van der Waals surface area contributed by atoms with Gasteiger partial charge in [0.2, 0.25) is 11.8 Å². The zero-order chi connectivity index (χ0) is 14.3. The third-order valence-corrected chi connectivity index (χ3v) is 2.10. The Kier molecular flexibility index (Phi) is 6.32. The van der Waals surface area contributed by atoms with Crippen LogP contribution in [0.1, 0.15) is 27.2 Å². The fourth-order valence-corrected chi connectivity index (χ4v) is 0.941. The molecule has 0 saturated heterocycles. The second-order valence-corrected chi connectivity index (χ2v) is 4.91. The van der Waals surface area contributed by atoms with Gasteiger partial charge < -0.3 is 20.8 Å². The van der Waals surface area contributed by atoms with Crippen molar-refractivity contribution in [2.75, 3.05) is 13.1 Å². The predicted octanol–water partition coefficient (Wildman–Crippen LogP) is -0.899. The number of rotatable bonds is 6. The molecule has 0 aromatic rings.